The molecule has 0 bridgehead atoms. The monoisotopic (exact) mass is 199 g/mol. The van der Waals surface area contributed by atoms with Crippen molar-refractivity contribution in [2.24, 2.45) is 5.73 Å². The molecule has 1 aromatic heterocycles. The third-order valence-corrected chi connectivity index (χ3v) is 2.03. The fraction of sp³-hybridized carbons (Fsp3) is 0.556. The molecule has 0 saturated heterocycles. The van der Waals surface area contributed by atoms with Crippen LogP contribution in [-0.4, -0.2) is 9.97 Å². The van der Waals surface area contributed by atoms with Gasteiger partial charge in [-0.2, -0.15) is 0 Å². The Morgan fingerprint density at radius 2 is 2.08 bits per heavy atom. The summed E-state index contributed by atoms with van der Waals surface area (Å²) in [5.41, 5.74) is 6.16. The summed E-state index contributed by atoms with van der Waals surface area (Å²) < 4.78 is 0. The van der Waals surface area contributed by atoms with E-state index in [2.05, 4.69) is 9.97 Å². The minimum Gasteiger partial charge on any atom is -0.326 e. The summed E-state index contributed by atoms with van der Waals surface area (Å²) in [6, 6.07) is 0. The van der Waals surface area contributed by atoms with Crippen molar-refractivity contribution < 1.29 is 0 Å². The lowest BCUT2D eigenvalue weighted by Gasteiger charge is -2.16. The van der Waals surface area contributed by atoms with Gasteiger partial charge >= 0.3 is 0 Å². The molecule has 0 aliphatic carbocycles. The summed E-state index contributed by atoms with van der Waals surface area (Å²) in [6.45, 7) is 6.51. The fourth-order valence-electron chi connectivity index (χ4n) is 0.884. The van der Waals surface area contributed by atoms with E-state index in [1.807, 2.05) is 20.8 Å². The average Bonchev–Trinajstić information content (AvgIpc) is 2.02. The molecule has 0 aliphatic heterocycles. The zero-order valence-corrected chi connectivity index (χ0v) is 8.89. The molecule has 0 spiro atoms. The summed E-state index contributed by atoms with van der Waals surface area (Å²) in [5.74, 6) is 0.745. The third kappa shape index (κ3) is 2.39. The van der Waals surface area contributed by atoms with Crippen LogP contribution in [0.5, 0.6) is 0 Å². The molecule has 3 nitrogen and oxygen atoms in total. The SMILES string of the molecule is CC(C)(C)c1ncc(CN)c(Cl)n1. The van der Waals surface area contributed by atoms with Gasteiger partial charge in [-0.3, -0.25) is 0 Å². The highest BCUT2D eigenvalue weighted by Crippen LogP contribution is 2.20. The first kappa shape index (κ1) is 10.4. The predicted octanol–water partition coefficient (Wildman–Crippen LogP) is 1.89. The van der Waals surface area contributed by atoms with Crippen LogP contribution in [0, 0.1) is 0 Å². The molecular weight excluding hydrogens is 186 g/mol. The summed E-state index contributed by atoms with van der Waals surface area (Å²) >= 11 is 5.90. The maximum absolute atomic E-state index is 5.90. The van der Waals surface area contributed by atoms with Crippen LogP contribution in [0.1, 0.15) is 32.2 Å². The molecule has 0 aromatic carbocycles. The standard InChI is InChI=1S/C9H14ClN3/c1-9(2,3)8-12-5-6(4-11)7(10)13-8/h5H,4,11H2,1-3H3. The van der Waals surface area contributed by atoms with Crippen LogP contribution in [0.4, 0.5) is 0 Å². The molecule has 0 radical (unpaired) electrons. The molecular formula is C9H14ClN3. The van der Waals surface area contributed by atoms with Crippen molar-refractivity contribution >= 4 is 11.6 Å². The van der Waals surface area contributed by atoms with Crippen molar-refractivity contribution in [3.63, 3.8) is 0 Å². The highest BCUT2D eigenvalue weighted by atomic mass is 35.5. The van der Waals surface area contributed by atoms with Crippen molar-refractivity contribution in [1.82, 2.24) is 9.97 Å². The molecule has 0 atom stereocenters. The second-order valence-corrected chi connectivity index (χ2v) is 4.32. The lowest BCUT2D eigenvalue weighted by molar-refractivity contribution is 0.544. The van der Waals surface area contributed by atoms with Crippen molar-refractivity contribution in [3.8, 4) is 0 Å². The van der Waals surface area contributed by atoms with E-state index in [1.165, 1.54) is 0 Å². The number of nitrogens with two attached hydrogens (primary N) is 1. The Morgan fingerprint density at radius 3 is 2.46 bits per heavy atom. The Balaban J connectivity index is 3.10. The Labute approximate surface area is 83.3 Å². The molecule has 4 heteroatoms. The summed E-state index contributed by atoms with van der Waals surface area (Å²) in [6.07, 6.45) is 1.69. The Kier molecular flexibility index (Phi) is 2.88. The van der Waals surface area contributed by atoms with Crippen LogP contribution in [0.15, 0.2) is 6.20 Å². The summed E-state index contributed by atoms with van der Waals surface area (Å²) in [4.78, 5) is 8.40. The van der Waals surface area contributed by atoms with Gasteiger partial charge in [-0.1, -0.05) is 32.4 Å². The topological polar surface area (TPSA) is 51.8 Å². The van der Waals surface area contributed by atoms with Gasteiger partial charge in [0.15, 0.2) is 0 Å². The quantitative estimate of drug-likeness (QED) is 0.703. The van der Waals surface area contributed by atoms with E-state index in [-0.39, 0.29) is 5.41 Å². The Morgan fingerprint density at radius 1 is 1.46 bits per heavy atom. The van der Waals surface area contributed by atoms with E-state index in [4.69, 9.17) is 17.3 Å². The molecule has 1 rings (SSSR count). The number of halogens is 1. The van der Waals surface area contributed by atoms with Gasteiger partial charge in [-0.25, -0.2) is 9.97 Å². The van der Waals surface area contributed by atoms with E-state index < -0.39 is 0 Å². The highest BCUT2D eigenvalue weighted by Gasteiger charge is 2.18. The number of hydrogen-bond acceptors (Lipinski definition) is 3. The number of hydrogen-bond donors (Lipinski definition) is 1. The van der Waals surface area contributed by atoms with Crippen molar-refractivity contribution in [2.45, 2.75) is 32.7 Å². The lowest BCUT2D eigenvalue weighted by atomic mass is 9.96. The third-order valence-electron chi connectivity index (χ3n) is 1.70. The smallest absolute Gasteiger partial charge is 0.137 e. The van der Waals surface area contributed by atoms with E-state index >= 15 is 0 Å². The summed E-state index contributed by atoms with van der Waals surface area (Å²) in [7, 11) is 0. The Hall–Kier alpha value is -0.670. The molecule has 13 heavy (non-hydrogen) atoms. The van der Waals surface area contributed by atoms with Crippen LogP contribution in [0.3, 0.4) is 0 Å². The summed E-state index contributed by atoms with van der Waals surface area (Å²) in [5, 5.41) is 0.461. The number of rotatable bonds is 1. The molecule has 1 aromatic rings. The van der Waals surface area contributed by atoms with Crippen LogP contribution in [-0.2, 0) is 12.0 Å². The van der Waals surface area contributed by atoms with E-state index in [0.29, 0.717) is 11.7 Å². The van der Waals surface area contributed by atoms with Gasteiger partial charge in [-0.15, -0.1) is 0 Å². The maximum atomic E-state index is 5.90. The molecule has 72 valence electrons. The first-order valence-corrected chi connectivity index (χ1v) is 4.55. The largest absolute Gasteiger partial charge is 0.326 e. The van der Waals surface area contributed by atoms with Crippen LogP contribution in [0.2, 0.25) is 5.15 Å². The van der Waals surface area contributed by atoms with E-state index in [9.17, 15) is 0 Å². The van der Waals surface area contributed by atoms with Crippen molar-refractivity contribution in [1.29, 1.82) is 0 Å². The second kappa shape index (κ2) is 3.60. The number of aromatic nitrogens is 2. The van der Waals surface area contributed by atoms with Crippen LogP contribution >= 0.6 is 11.6 Å². The molecule has 0 amide bonds. The normalized spacial score (nSPS) is 11.8. The molecule has 0 unspecified atom stereocenters. The highest BCUT2D eigenvalue weighted by molar-refractivity contribution is 6.30. The molecule has 0 fully saturated rings. The minimum atomic E-state index is -0.0727. The first-order valence-electron chi connectivity index (χ1n) is 4.17. The van der Waals surface area contributed by atoms with Gasteiger partial charge < -0.3 is 5.73 Å². The predicted molar refractivity (Wildman–Crippen MR) is 53.6 cm³/mol. The first-order chi connectivity index (χ1) is 5.95. The van der Waals surface area contributed by atoms with Gasteiger partial charge in [0.05, 0.1) is 0 Å². The van der Waals surface area contributed by atoms with Gasteiger partial charge in [0.1, 0.15) is 11.0 Å². The zero-order valence-electron chi connectivity index (χ0n) is 8.13. The minimum absolute atomic E-state index is 0.0727. The second-order valence-electron chi connectivity index (χ2n) is 3.96. The fourth-order valence-corrected chi connectivity index (χ4v) is 1.09. The van der Waals surface area contributed by atoms with Gasteiger partial charge in [-0.05, 0) is 0 Å². The van der Waals surface area contributed by atoms with E-state index in [1.54, 1.807) is 6.20 Å². The van der Waals surface area contributed by atoms with E-state index in [0.717, 1.165) is 11.4 Å². The van der Waals surface area contributed by atoms with Gasteiger partial charge in [0.25, 0.3) is 0 Å². The van der Waals surface area contributed by atoms with Crippen LogP contribution < -0.4 is 5.73 Å². The van der Waals surface area contributed by atoms with Crippen LogP contribution in [0.25, 0.3) is 0 Å². The van der Waals surface area contributed by atoms with Gasteiger partial charge in [0, 0.05) is 23.7 Å². The molecule has 0 saturated carbocycles. The molecule has 1 heterocycles. The molecule has 0 aliphatic rings. The van der Waals surface area contributed by atoms with Crippen molar-refractivity contribution in [3.05, 3.63) is 22.7 Å². The number of nitrogens with zero attached hydrogens (tertiary/aromatic N) is 2. The maximum Gasteiger partial charge on any atom is 0.137 e. The lowest BCUT2D eigenvalue weighted by Crippen LogP contribution is -2.16. The zero-order chi connectivity index (χ0) is 10.1. The average molecular weight is 200 g/mol. The van der Waals surface area contributed by atoms with Crippen molar-refractivity contribution in [2.75, 3.05) is 0 Å². The Bertz CT molecular complexity index is 304. The van der Waals surface area contributed by atoms with Gasteiger partial charge in [0.2, 0.25) is 0 Å². The molecule has 2 N–H and O–H groups in total.